The van der Waals surface area contributed by atoms with Gasteiger partial charge in [-0.05, 0) is 65.1 Å². The fourth-order valence-electron chi connectivity index (χ4n) is 1.63. The highest BCUT2D eigenvalue weighted by Gasteiger charge is 2.10. The third-order valence-electron chi connectivity index (χ3n) is 2.73. The van der Waals surface area contributed by atoms with Gasteiger partial charge in [-0.1, -0.05) is 16.8 Å². The van der Waals surface area contributed by atoms with E-state index >= 15 is 0 Å². The number of nitrogens with two attached hydrogens (primary N) is 1. The van der Waals surface area contributed by atoms with E-state index in [1.165, 1.54) is 6.07 Å². The minimum absolute atomic E-state index is 0.0487. The first kappa shape index (κ1) is 15.6. The van der Waals surface area contributed by atoms with E-state index in [0.29, 0.717) is 21.8 Å². The molecule has 2 rings (SSSR count). The number of amidine groups is 1. The van der Waals surface area contributed by atoms with Gasteiger partial charge in [0.05, 0.1) is 10.7 Å². The van der Waals surface area contributed by atoms with Crippen molar-refractivity contribution in [2.45, 2.75) is 0 Å². The standard InChI is InChI=1S/C14H11ClIN3O2/c15-11-7-9(13(17)19-21)3-6-12(11)18-14(20)8-1-4-10(16)5-2-8/h1-7,21H,(H2,17,19)(H,18,20). The maximum Gasteiger partial charge on any atom is 0.255 e. The molecule has 21 heavy (non-hydrogen) atoms. The second-order valence-corrected chi connectivity index (χ2v) is 5.79. The molecule has 0 atom stereocenters. The Labute approximate surface area is 139 Å². The fraction of sp³-hybridized carbons (Fsp3) is 0. The summed E-state index contributed by atoms with van der Waals surface area (Å²) in [6, 6.07) is 11.9. The molecule has 5 nitrogen and oxygen atoms in total. The second kappa shape index (κ2) is 6.77. The maximum atomic E-state index is 12.1. The molecule has 0 aromatic heterocycles. The van der Waals surface area contributed by atoms with Gasteiger partial charge in [-0.2, -0.15) is 0 Å². The van der Waals surface area contributed by atoms with Crippen LogP contribution < -0.4 is 11.1 Å². The third kappa shape index (κ3) is 3.85. The molecule has 1 amide bonds. The van der Waals surface area contributed by atoms with E-state index in [1.54, 1.807) is 24.3 Å². The third-order valence-corrected chi connectivity index (χ3v) is 3.76. The van der Waals surface area contributed by atoms with Gasteiger partial charge in [-0.3, -0.25) is 4.79 Å². The highest BCUT2D eigenvalue weighted by atomic mass is 127. The highest BCUT2D eigenvalue weighted by Crippen LogP contribution is 2.23. The van der Waals surface area contributed by atoms with Crippen molar-refractivity contribution in [2.24, 2.45) is 10.9 Å². The number of carbonyl (C=O) groups excluding carboxylic acids is 1. The number of anilines is 1. The van der Waals surface area contributed by atoms with Crippen molar-refractivity contribution in [3.8, 4) is 0 Å². The largest absolute Gasteiger partial charge is 0.409 e. The lowest BCUT2D eigenvalue weighted by Gasteiger charge is -2.09. The molecule has 2 aromatic rings. The van der Waals surface area contributed by atoms with Crippen LogP contribution in [-0.2, 0) is 0 Å². The molecule has 0 heterocycles. The molecule has 108 valence electrons. The van der Waals surface area contributed by atoms with Gasteiger partial charge in [-0.25, -0.2) is 0 Å². The van der Waals surface area contributed by atoms with Crippen molar-refractivity contribution in [1.29, 1.82) is 0 Å². The Morgan fingerprint density at radius 1 is 1.19 bits per heavy atom. The summed E-state index contributed by atoms with van der Waals surface area (Å²) in [4.78, 5) is 12.1. The summed E-state index contributed by atoms with van der Waals surface area (Å²) >= 11 is 8.24. The SMILES string of the molecule is N/C(=N/O)c1ccc(NC(=O)c2ccc(I)cc2)c(Cl)c1. The molecule has 0 aliphatic carbocycles. The lowest BCUT2D eigenvalue weighted by atomic mass is 10.1. The number of nitrogens with one attached hydrogen (secondary N) is 1. The van der Waals surface area contributed by atoms with E-state index < -0.39 is 0 Å². The van der Waals surface area contributed by atoms with Gasteiger partial charge in [0.2, 0.25) is 0 Å². The van der Waals surface area contributed by atoms with E-state index in [4.69, 9.17) is 22.5 Å². The summed E-state index contributed by atoms with van der Waals surface area (Å²) in [6.45, 7) is 0. The molecule has 0 saturated heterocycles. The predicted molar refractivity (Wildman–Crippen MR) is 91.1 cm³/mol. The minimum atomic E-state index is -0.259. The lowest BCUT2D eigenvalue weighted by molar-refractivity contribution is 0.102. The van der Waals surface area contributed by atoms with Gasteiger partial charge >= 0.3 is 0 Å². The summed E-state index contributed by atoms with van der Waals surface area (Å²) in [5, 5.41) is 14.5. The van der Waals surface area contributed by atoms with Crippen LogP contribution in [0.25, 0.3) is 0 Å². The molecule has 0 aliphatic heterocycles. The quantitative estimate of drug-likeness (QED) is 0.236. The van der Waals surface area contributed by atoms with Crippen LogP contribution in [0, 0.1) is 3.57 Å². The summed E-state index contributed by atoms with van der Waals surface area (Å²) < 4.78 is 1.05. The van der Waals surface area contributed by atoms with E-state index in [1.807, 2.05) is 12.1 Å². The van der Waals surface area contributed by atoms with Crippen molar-refractivity contribution in [3.63, 3.8) is 0 Å². The Bertz CT molecular complexity index is 702. The first-order valence-electron chi connectivity index (χ1n) is 5.85. The minimum Gasteiger partial charge on any atom is -0.409 e. The molecule has 0 unspecified atom stereocenters. The van der Waals surface area contributed by atoms with Gasteiger partial charge in [0.15, 0.2) is 5.84 Å². The van der Waals surface area contributed by atoms with Crippen molar-refractivity contribution in [2.75, 3.05) is 5.32 Å². The van der Waals surface area contributed by atoms with Crippen LogP contribution >= 0.6 is 34.2 Å². The normalized spacial score (nSPS) is 11.2. The molecule has 7 heteroatoms. The number of benzene rings is 2. The number of nitrogens with zero attached hydrogens (tertiary/aromatic N) is 1. The molecule has 0 bridgehead atoms. The van der Waals surface area contributed by atoms with Crippen LogP contribution in [0.5, 0.6) is 0 Å². The van der Waals surface area contributed by atoms with E-state index in [2.05, 4.69) is 33.1 Å². The van der Waals surface area contributed by atoms with Gasteiger partial charge in [0, 0.05) is 14.7 Å². The van der Waals surface area contributed by atoms with E-state index in [-0.39, 0.29) is 11.7 Å². The van der Waals surface area contributed by atoms with Crippen LogP contribution in [0.3, 0.4) is 0 Å². The number of amides is 1. The van der Waals surface area contributed by atoms with Gasteiger partial charge in [0.1, 0.15) is 0 Å². The molecule has 0 fully saturated rings. The molecule has 2 aromatic carbocycles. The zero-order valence-corrected chi connectivity index (χ0v) is 13.6. The van der Waals surface area contributed by atoms with Gasteiger partial charge in [-0.15, -0.1) is 0 Å². The average Bonchev–Trinajstić information content (AvgIpc) is 2.49. The second-order valence-electron chi connectivity index (χ2n) is 4.14. The van der Waals surface area contributed by atoms with Crippen molar-refractivity contribution >= 4 is 51.6 Å². The molecule has 0 radical (unpaired) electrons. The van der Waals surface area contributed by atoms with Crippen LogP contribution in [0.4, 0.5) is 5.69 Å². The van der Waals surface area contributed by atoms with Crippen molar-refractivity contribution in [1.82, 2.24) is 0 Å². The Morgan fingerprint density at radius 2 is 1.81 bits per heavy atom. The number of hydrogen-bond acceptors (Lipinski definition) is 3. The Balaban J connectivity index is 2.20. The fourth-order valence-corrected chi connectivity index (χ4v) is 2.22. The monoisotopic (exact) mass is 415 g/mol. The number of halogens is 2. The zero-order valence-electron chi connectivity index (χ0n) is 10.7. The summed E-state index contributed by atoms with van der Waals surface area (Å²) in [6.07, 6.45) is 0. The average molecular weight is 416 g/mol. The number of oxime groups is 1. The Morgan fingerprint density at radius 3 is 2.38 bits per heavy atom. The smallest absolute Gasteiger partial charge is 0.255 e. The lowest BCUT2D eigenvalue weighted by Crippen LogP contribution is -2.15. The molecule has 0 spiro atoms. The zero-order chi connectivity index (χ0) is 15.4. The van der Waals surface area contributed by atoms with Crippen molar-refractivity contribution < 1.29 is 10.0 Å². The number of rotatable bonds is 3. The van der Waals surface area contributed by atoms with E-state index in [9.17, 15) is 4.79 Å². The molecule has 0 saturated carbocycles. The topological polar surface area (TPSA) is 87.7 Å². The van der Waals surface area contributed by atoms with Gasteiger partial charge < -0.3 is 16.3 Å². The summed E-state index contributed by atoms with van der Waals surface area (Å²) in [5.41, 5.74) is 6.93. The van der Waals surface area contributed by atoms with Crippen LogP contribution in [0.2, 0.25) is 5.02 Å². The first-order valence-corrected chi connectivity index (χ1v) is 7.31. The first-order chi connectivity index (χ1) is 10.0. The van der Waals surface area contributed by atoms with Crippen LogP contribution in [-0.4, -0.2) is 17.0 Å². The molecule has 0 aliphatic rings. The Hall–Kier alpha value is -1.80. The van der Waals surface area contributed by atoms with Crippen LogP contribution in [0.15, 0.2) is 47.6 Å². The molecular weight excluding hydrogens is 405 g/mol. The number of carbonyl (C=O) groups is 1. The number of hydrogen-bond donors (Lipinski definition) is 3. The predicted octanol–water partition coefficient (Wildman–Crippen LogP) is 3.29. The molecule has 4 N–H and O–H groups in total. The molecular formula is C14H11ClIN3O2. The van der Waals surface area contributed by atoms with E-state index in [0.717, 1.165) is 3.57 Å². The van der Waals surface area contributed by atoms with Crippen LogP contribution in [0.1, 0.15) is 15.9 Å². The van der Waals surface area contributed by atoms with Crippen molar-refractivity contribution in [3.05, 3.63) is 62.2 Å². The summed E-state index contributed by atoms with van der Waals surface area (Å²) in [7, 11) is 0. The summed E-state index contributed by atoms with van der Waals surface area (Å²) in [5.74, 6) is -0.308. The Kier molecular flexibility index (Phi) is 5.03. The highest BCUT2D eigenvalue weighted by molar-refractivity contribution is 14.1. The maximum absolute atomic E-state index is 12.1. The van der Waals surface area contributed by atoms with Gasteiger partial charge in [0.25, 0.3) is 5.91 Å².